The van der Waals surface area contributed by atoms with Crippen LogP contribution in [0, 0.1) is 0 Å². The summed E-state index contributed by atoms with van der Waals surface area (Å²) in [5.74, 6) is 0. The summed E-state index contributed by atoms with van der Waals surface area (Å²) in [4.78, 5) is 5.14. The molecule has 0 atom stereocenters. The standard InChI is InChI=1S/C14H19BrClN3/c15-14-7-12(16)2-1-11(14)10-18-3-5-19(6-4-18)13-8-17-9-13/h1-2,7,13,17H,3-6,8-10H2. The van der Waals surface area contributed by atoms with Gasteiger partial charge in [-0.3, -0.25) is 9.80 Å². The van der Waals surface area contributed by atoms with Crippen LogP contribution in [0.3, 0.4) is 0 Å². The third-order valence-corrected chi connectivity index (χ3v) is 5.07. The van der Waals surface area contributed by atoms with Gasteiger partial charge in [0.2, 0.25) is 0 Å². The van der Waals surface area contributed by atoms with E-state index in [-0.39, 0.29) is 0 Å². The first-order valence-corrected chi connectivity index (χ1v) is 8.00. The minimum absolute atomic E-state index is 0.782. The van der Waals surface area contributed by atoms with E-state index in [1.807, 2.05) is 12.1 Å². The zero-order valence-electron chi connectivity index (χ0n) is 10.9. The summed E-state index contributed by atoms with van der Waals surface area (Å²) in [6, 6.07) is 6.85. The molecule has 2 saturated heterocycles. The third-order valence-electron chi connectivity index (χ3n) is 4.09. The average molecular weight is 345 g/mol. The molecule has 0 spiro atoms. The SMILES string of the molecule is Clc1ccc(CN2CCN(C3CNC3)CC2)c(Br)c1. The molecule has 3 rings (SSSR count). The smallest absolute Gasteiger partial charge is 0.0417 e. The van der Waals surface area contributed by atoms with Crippen molar-refractivity contribution in [1.29, 1.82) is 0 Å². The lowest BCUT2D eigenvalue weighted by atomic mass is 10.1. The summed E-state index contributed by atoms with van der Waals surface area (Å²) >= 11 is 9.58. The Morgan fingerprint density at radius 1 is 1.21 bits per heavy atom. The highest BCUT2D eigenvalue weighted by atomic mass is 79.9. The van der Waals surface area contributed by atoms with E-state index < -0.39 is 0 Å². The Morgan fingerprint density at radius 3 is 2.53 bits per heavy atom. The Labute approximate surface area is 128 Å². The molecule has 3 nitrogen and oxygen atoms in total. The van der Waals surface area contributed by atoms with Crippen LogP contribution in [0.4, 0.5) is 0 Å². The van der Waals surface area contributed by atoms with Crippen molar-refractivity contribution in [2.45, 2.75) is 12.6 Å². The highest BCUT2D eigenvalue weighted by Gasteiger charge is 2.27. The number of nitrogens with zero attached hydrogens (tertiary/aromatic N) is 2. The van der Waals surface area contributed by atoms with E-state index in [2.05, 4.69) is 37.1 Å². The number of piperazine rings is 1. The molecule has 2 aliphatic rings. The van der Waals surface area contributed by atoms with Crippen molar-refractivity contribution in [3.8, 4) is 0 Å². The molecule has 0 aromatic heterocycles. The molecular formula is C14H19BrClN3. The zero-order chi connectivity index (χ0) is 13.2. The minimum Gasteiger partial charge on any atom is -0.314 e. The van der Waals surface area contributed by atoms with Crippen LogP contribution in [0.2, 0.25) is 5.02 Å². The lowest BCUT2D eigenvalue weighted by Crippen LogP contribution is -2.61. The lowest BCUT2D eigenvalue weighted by molar-refractivity contribution is 0.0695. The van der Waals surface area contributed by atoms with Gasteiger partial charge in [-0.1, -0.05) is 33.6 Å². The molecule has 0 aliphatic carbocycles. The van der Waals surface area contributed by atoms with Crippen LogP contribution in [0.25, 0.3) is 0 Å². The third kappa shape index (κ3) is 3.31. The molecule has 0 amide bonds. The van der Waals surface area contributed by atoms with Crippen LogP contribution in [0.15, 0.2) is 22.7 Å². The van der Waals surface area contributed by atoms with Gasteiger partial charge in [0.25, 0.3) is 0 Å². The molecule has 5 heteroatoms. The molecule has 0 unspecified atom stereocenters. The Balaban J connectivity index is 1.54. The molecule has 19 heavy (non-hydrogen) atoms. The second kappa shape index (κ2) is 6.10. The van der Waals surface area contributed by atoms with Crippen molar-refractivity contribution >= 4 is 27.5 Å². The Hall–Kier alpha value is -0.130. The predicted octanol–water partition coefficient (Wildman–Crippen LogP) is 2.19. The first kappa shape index (κ1) is 13.8. The highest BCUT2D eigenvalue weighted by molar-refractivity contribution is 9.10. The second-order valence-electron chi connectivity index (χ2n) is 5.36. The van der Waals surface area contributed by atoms with Gasteiger partial charge in [-0.2, -0.15) is 0 Å². The monoisotopic (exact) mass is 343 g/mol. The van der Waals surface area contributed by atoms with E-state index in [0.29, 0.717) is 0 Å². The summed E-state index contributed by atoms with van der Waals surface area (Å²) in [5.41, 5.74) is 1.32. The summed E-state index contributed by atoms with van der Waals surface area (Å²) in [5, 5.41) is 4.14. The van der Waals surface area contributed by atoms with Crippen LogP contribution in [0.5, 0.6) is 0 Å². The predicted molar refractivity (Wildman–Crippen MR) is 82.7 cm³/mol. The fourth-order valence-electron chi connectivity index (χ4n) is 2.71. The second-order valence-corrected chi connectivity index (χ2v) is 6.65. The van der Waals surface area contributed by atoms with Gasteiger partial charge in [0.1, 0.15) is 0 Å². The highest BCUT2D eigenvalue weighted by Crippen LogP contribution is 2.23. The van der Waals surface area contributed by atoms with Crippen LogP contribution in [-0.4, -0.2) is 55.1 Å². The van der Waals surface area contributed by atoms with Crippen LogP contribution in [0.1, 0.15) is 5.56 Å². The van der Waals surface area contributed by atoms with Gasteiger partial charge in [0.15, 0.2) is 0 Å². The van der Waals surface area contributed by atoms with Gasteiger partial charge >= 0.3 is 0 Å². The largest absolute Gasteiger partial charge is 0.314 e. The van der Waals surface area contributed by atoms with E-state index in [9.17, 15) is 0 Å². The number of nitrogens with one attached hydrogen (secondary N) is 1. The average Bonchev–Trinajstić information content (AvgIpc) is 2.33. The molecule has 2 aliphatic heterocycles. The lowest BCUT2D eigenvalue weighted by Gasteiger charge is -2.43. The maximum absolute atomic E-state index is 5.98. The van der Waals surface area contributed by atoms with E-state index in [1.165, 1.54) is 31.7 Å². The zero-order valence-corrected chi connectivity index (χ0v) is 13.3. The van der Waals surface area contributed by atoms with Gasteiger partial charge in [-0.05, 0) is 17.7 Å². The Bertz CT molecular complexity index is 442. The normalized spacial score (nSPS) is 22.4. The number of hydrogen-bond acceptors (Lipinski definition) is 3. The van der Waals surface area contributed by atoms with Gasteiger partial charge in [-0.25, -0.2) is 0 Å². The number of benzene rings is 1. The van der Waals surface area contributed by atoms with Gasteiger partial charge in [0.05, 0.1) is 0 Å². The van der Waals surface area contributed by atoms with Crippen molar-refractivity contribution in [1.82, 2.24) is 15.1 Å². The number of hydrogen-bond donors (Lipinski definition) is 1. The fraction of sp³-hybridized carbons (Fsp3) is 0.571. The molecule has 2 fully saturated rings. The number of halogens is 2. The Kier molecular flexibility index (Phi) is 4.44. The van der Waals surface area contributed by atoms with E-state index >= 15 is 0 Å². The minimum atomic E-state index is 0.782. The van der Waals surface area contributed by atoms with Gasteiger partial charge in [-0.15, -0.1) is 0 Å². The molecular weight excluding hydrogens is 326 g/mol. The van der Waals surface area contributed by atoms with Gasteiger partial charge < -0.3 is 5.32 Å². The van der Waals surface area contributed by atoms with Crippen molar-refractivity contribution < 1.29 is 0 Å². The Morgan fingerprint density at radius 2 is 1.95 bits per heavy atom. The molecule has 1 aromatic rings. The van der Waals surface area contributed by atoms with Crippen LogP contribution < -0.4 is 5.32 Å². The first-order chi connectivity index (χ1) is 9.22. The van der Waals surface area contributed by atoms with E-state index in [4.69, 9.17) is 11.6 Å². The molecule has 0 radical (unpaired) electrons. The van der Waals surface area contributed by atoms with Crippen LogP contribution in [-0.2, 0) is 6.54 Å². The van der Waals surface area contributed by atoms with Crippen molar-refractivity contribution in [2.24, 2.45) is 0 Å². The van der Waals surface area contributed by atoms with E-state index in [1.54, 1.807) is 0 Å². The summed E-state index contributed by atoms with van der Waals surface area (Å²) in [6.07, 6.45) is 0. The maximum atomic E-state index is 5.98. The molecule has 0 saturated carbocycles. The first-order valence-electron chi connectivity index (χ1n) is 6.83. The molecule has 0 bridgehead atoms. The number of rotatable bonds is 3. The molecule has 1 aromatic carbocycles. The van der Waals surface area contributed by atoms with Crippen molar-refractivity contribution in [3.05, 3.63) is 33.3 Å². The van der Waals surface area contributed by atoms with Crippen molar-refractivity contribution in [3.63, 3.8) is 0 Å². The van der Waals surface area contributed by atoms with Crippen LogP contribution >= 0.6 is 27.5 Å². The topological polar surface area (TPSA) is 18.5 Å². The summed E-state index contributed by atoms with van der Waals surface area (Å²) in [7, 11) is 0. The fourth-order valence-corrected chi connectivity index (χ4v) is 3.52. The van der Waals surface area contributed by atoms with Crippen molar-refractivity contribution in [2.75, 3.05) is 39.3 Å². The molecule has 1 N–H and O–H groups in total. The summed E-state index contributed by atoms with van der Waals surface area (Å²) in [6.45, 7) is 8.05. The maximum Gasteiger partial charge on any atom is 0.0417 e. The summed E-state index contributed by atoms with van der Waals surface area (Å²) < 4.78 is 1.12. The van der Waals surface area contributed by atoms with E-state index in [0.717, 1.165) is 35.2 Å². The molecule has 2 heterocycles. The quantitative estimate of drug-likeness (QED) is 0.907. The van der Waals surface area contributed by atoms with Gasteiger partial charge in [0, 0.05) is 61.4 Å². The molecule has 104 valence electrons.